The van der Waals surface area contributed by atoms with Crippen LogP contribution in [-0.2, 0) is 10.0 Å². The minimum atomic E-state index is -3.49. The Morgan fingerprint density at radius 2 is 1.90 bits per heavy atom. The average Bonchev–Trinajstić information content (AvgIpc) is 2.41. The van der Waals surface area contributed by atoms with E-state index >= 15 is 0 Å². The van der Waals surface area contributed by atoms with Crippen LogP contribution in [0.1, 0.15) is 16.8 Å². The molecule has 0 aromatic heterocycles. The van der Waals surface area contributed by atoms with Gasteiger partial charge in [-0.25, -0.2) is 13.6 Å². The molecule has 7 nitrogen and oxygen atoms in total. The molecule has 8 heteroatoms. The number of rotatable bonds is 7. The summed E-state index contributed by atoms with van der Waals surface area (Å²) in [6, 6.07) is 4.77. The highest BCUT2D eigenvalue weighted by molar-refractivity contribution is 7.89. The number of methoxy groups -OCH3 is 2. The highest BCUT2D eigenvalue weighted by atomic mass is 32.2. The predicted octanol–water partition coefficient (Wildman–Crippen LogP) is 0.112. The van der Waals surface area contributed by atoms with Gasteiger partial charge in [0.05, 0.1) is 20.0 Å². The number of hydrogen-bond donors (Lipinski definition) is 2. The van der Waals surface area contributed by atoms with Crippen LogP contribution in [0.3, 0.4) is 0 Å². The fourth-order valence-electron chi connectivity index (χ4n) is 1.55. The highest BCUT2D eigenvalue weighted by Crippen LogP contribution is 2.27. The lowest BCUT2D eigenvalue weighted by Gasteiger charge is -2.09. The van der Waals surface area contributed by atoms with E-state index in [1.807, 2.05) is 0 Å². The summed E-state index contributed by atoms with van der Waals surface area (Å²) in [6.07, 6.45) is 0.262. The van der Waals surface area contributed by atoms with Gasteiger partial charge in [-0.05, 0) is 24.6 Å². The van der Waals surface area contributed by atoms with E-state index in [0.29, 0.717) is 17.1 Å². The van der Waals surface area contributed by atoms with Crippen LogP contribution >= 0.6 is 0 Å². The van der Waals surface area contributed by atoms with Gasteiger partial charge in [0.1, 0.15) is 0 Å². The van der Waals surface area contributed by atoms with E-state index in [-0.39, 0.29) is 24.6 Å². The Morgan fingerprint density at radius 1 is 1.25 bits per heavy atom. The molecule has 1 aromatic carbocycles. The topological polar surface area (TPSA) is 108 Å². The molecule has 0 spiro atoms. The first-order chi connectivity index (χ1) is 9.37. The molecule has 0 aliphatic heterocycles. The van der Waals surface area contributed by atoms with E-state index in [4.69, 9.17) is 14.6 Å². The van der Waals surface area contributed by atoms with E-state index in [2.05, 4.69) is 5.32 Å². The second-order valence-electron chi connectivity index (χ2n) is 4.05. The lowest BCUT2D eigenvalue weighted by atomic mass is 10.2. The zero-order chi connectivity index (χ0) is 15.2. The lowest BCUT2D eigenvalue weighted by Crippen LogP contribution is -2.27. The van der Waals surface area contributed by atoms with E-state index < -0.39 is 10.0 Å². The Bertz CT molecular complexity index is 571. The summed E-state index contributed by atoms with van der Waals surface area (Å²) >= 11 is 0. The molecule has 0 unspecified atom stereocenters. The largest absolute Gasteiger partial charge is 0.493 e. The maximum Gasteiger partial charge on any atom is 0.251 e. The molecule has 3 N–H and O–H groups in total. The Kier molecular flexibility index (Phi) is 5.78. The molecule has 0 saturated carbocycles. The average molecular weight is 302 g/mol. The fourth-order valence-corrected chi connectivity index (χ4v) is 2.10. The van der Waals surface area contributed by atoms with E-state index in [1.54, 1.807) is 18.2 Å². The first-order valence-electron chi connectivity index (χ1n) is 5.88. The summed E-state index contributed by atoms with van der Waals surface area (Å²) in [4.78, 5) is 11.8. The van der Waals surface area contributed by atoms with Crippen molar-refractivity contribution in [3.63, 3.8) is 0 Å². The van der Waals surface area contributed by atoms with E-state index in [1.165, 1.54) is 14.2 Å². The Balaban J connectivity index is 2.60. The highest BCUT2D eigenvalue weighted by Gasteiger charge is 2.10. The number of carbonyl (C=O) groups excluding carboxylic acids is 1. The third kappa shape index (κ3) is 5.06. The van der Waals surface area contributed by atoms with Crippen molar-refractivity contribution in [2.24, 2.45) is 5.14 Å². The van der Waals surface area contributed by atoms with Gasteiger partial charge in [0.15, 0.2) is 11.5 Å². The SMILES string of the molecule is COc1ccc(C(=O)NCCCS(N)(=O)=O)cc1OC. The molecule has 20 heavy (non-hydrogen) atoms. The number of amides is 1. The fraction of sp³-hybridized carbons (Fsp3) is 0.417. The lowest BCUT2D eigenvalue weighted by molar-refractivity contribution is 0.0953. The Labute approximate surface area is 118 Å². The summed E-state index contributed by atoms with van der Waals surface area (Å²) in [7, 11) is -0.512. The zero-order valence-corrected chi connectivity index (χ0v) is 12.2. The Morgan fingerprint density at radius 3 is 2.45 bits per heavy atom. The molecule has 0 radical (unpaired) electrons. The van der Waals surface area contributed by atoms with Gasteiger partial charge in [-0.15, -0.1) is 0 Å². The van der Waals surface area contributed by atoms with E-state index in [0.717, 1.165) is 0 Å². The molecule has 0 aliphatic carbocycles. The van der Waals surface area contributed by atoms with Crippen LogP contribution in [0.25, 0.3) is 0 Å². The smallest absolute Gasteiger partial charge is 0.251 e. The van der Waals surface area contributed by atoms with Crippen molar-refractivity contribution in [2.45, 2.75) is 6.42 Å². The molecule has 0 bridgehead atoms. The minimum Gasteiger partial charge on any atom is -0.493 e. The molecule has 0 fully saturated rings. The predicted molar refractivity (Wildman–Crippen MR) is 74.5 cm³/mol. The van der Waals surface area contributed by atoms with Crippen molar-refractivity contribution >= 4 is 15.9 Å². The molecule has 1 amide bonds. The normalized spacial score (nSPS) is 10.9. The monoisotopic (exact) mass is 302 g/mol. The standard InChI is InChI=1S/C12H18N2O5S/c1-18-10-5-4-9(8-11(10)19-2)12(15)14-6-3-7-20(13,16)17/h4-5,8H,3,6-7H2,1-2H3,(H,14,15)(H2,13,16,17). The van der Waals surface area contributed by atoms with E-state index in [9.17, 15) is 13.2 Å². The number of hydrogen-bond acceptors (Lipinski definition) is 5. The van der Waals surface area contributed by atoms with Gasteiger partial charge >= 0.3 is 0 Å². The van der Waals surface area contributed by atoms with Crippen LogP contribution in [0.2, 0.25) is 0 Å². The quantitative estimate of drug-likeness (QED) is 0.695. The van der Waals surface area contributed by atoms with Crippen LogP contribution in [0.5, 0.6) is 11.5 Å². The van der Waals surface area contributed by atoms with Gasteiger partial charge in [-0.3, -0.25) is 4.79 Å². The van der Waals surface area contributed by atoms with Crippen molar-refractivity contribution in [1.82, 2.24) is 5.32 Å². The van der Waals surface area contributed by atoms with Crippen LogP contribution in [0, 0.1) is 0 Å². The molecule has 0 saturated heterocycles. The van der Waals surface area contributed by atoms with Crippen LogP contribution in [-0.4, -0.2) is 40.8 Å². The molecular formula is C12H18N2O5S. The van der Waals surface area contributed by atoms with Crippen molar-refractivity contribution in [1.29, 1.82) is 0 Å². The first-order valence-corrected chi connectivity index (χ1v) is 7.59. The summed E-state index contributed by atoms with van der Waals surface area (Å²) in [5.74, 6) is 0.488. The number of nitrogens with one attached hydrogen (secondary N) is 1. The number of ether oxygens (including phenoxy) is 2. The molecule has 0 heterocycles. The number of carbonyl (C=O) groups is 1. The third-order valence-corrected chi connectivity index (χ3v) is 3.39. The molecule has 1 rings (SSSR count). The summed E-state index contributed by atoms with van der Waals surface area (Å²) < 4.78 is 31.6. The minimum absolute atomic E-state index is 0.167. The van der Waals surface area contributed by atoms with Gasteiger partial charge in [-0.1, -0.05) is 0 Å². The van der Waals surface area contributed by atoms with Crippen LogP contribution < -0.4 is 19.9 Å². The summed E-state index contributed by atoms with van der Waals surface area (Å²) in [5, 5.41) is 7.47. The summed E-state index contributed by atoms with van der Waals surface area (Å²) in [6.45, 7) is 0.226. The molecule has 0 aliphatic rings. The molecule has 112 valence electrons. The molecule has 0 atom stereocenters. The number of primary sulfonamides is 1. The van der Waals surface area contributed by atoms with Gasteiger partial charge in [0.25, 0.3) is 5.91 Å². The van der Waals surface area contributed by atoms with Crippen molar-refractivity contribution in [2.75, 3.05) is 26.5 Å². The maximum absolute atomic E-state index is 11.8. The maximum atomic E-state index is 11.8. The van der Waals surface area contributed by atoms with Crippen molar-refractivity contribution in [3.8, 4) is 11.5 Å². The molecular weight excluding hydrogens is 284 g/mol. The number of nitrogens with two attached hydrogens (primary N) is 1. The molecule has 1 aromatic rings. The summed E-state index contributed by atoms with van der Waals surface area (Å²) in [5.41, 5.74) is 0.401. The van der Waals surface area contributed by atoms with Crippen LogP contribution in [0.4, 0.5) is 0 Å². The third-order valence-electron chi connectivity index (χ3n) is 2.54. The van der Waals surface area contributed by atoms with Gasteiger partial charge in [0, 0.05) is 12.1 Å². The second-order valence-corrected chi connectivity index (χ2v) is 5.78. The van der Waals surface area contributed by atoms with Crippen molar-refractivity contribution < 1.29 is 22.7 Å². The number of benzene rings is 1. The van der Waals surface area contributed by atoms with Gasteiger partial charge < -0.3 is 14.8 Å². The Hall–Kier alpha value is -1.80. The first kappa shape index (κ1) is 16.3. The van der Waals surface area contributed by atoms with Gasteiger partial charge in [0.2, 0.25) is 10.0 Å². The number of sulfonamides is 1. The zero-order valence-electron chi connectivity index (χ0n) is 11.4. The van der Waals surface area contributed by atoms with Crippen molar-refractivity contribution in [3.05, 3.63) is 23.8 Å². The van der Waals surface area contributed by atoms with Crippen LogP contribution in [0.15, 0.2) is 18.2 Å². The van der Waals surface area contributed by atoms with Gasteiger partial charge in [-0.2, -0.15) is 0 Å². The second kappa shape index (κ2) is 7.11.